The first kappa shape index (κ1) is 38.0. The predicted molar refractivity (Wildman–Crippen MR) is 194 cm³/mol. The van der Waals surface area contributed by atoms with E-state index in [2.05, 4.69) is 25.4 Å². The normalized spacial score (nSPS) is 13.3. The molecular weight excluding hydrogens is 673 g/mol. The maximum atomic E-state index is 13.7. The third-order valence-electron chi connectivity index (χ3n) is 8.96. The van der Waals surface area contributed by atoms with Gasteiger partial charge in [0.05, 0.1) is 30.2 Å². The molecule has 1 aromatic heterocycles. The molecule has 0 spiro atoms. The van der Waals surface area contributed by atoms with Gasteiger partial charge in [0.2, 0.25) is 0 Å². The van der Waals surface area contributed by atoms with E-state index in [1.807, 2.05) is 26.0 Å². The third kappa shape index (κ3) is 9.74. The fraction of sp³-hybridized carbons (Fsp3) is 0.333. The monoisotopic (exact) mass is 716 g/mol. The van der Waals surface area contributed by atoms with Crippen LogP contribution in [0.2, 0.25) is 0 Å². The molecule has 10 nitrogen and oxygen atoms in total. The number of hydrogen-bond acceptors (Lipinski definition) is 7. The molecule has 1 aliphatic rings. The van der Waals surface area contributed by atoms with Gasteiger partial charge in [0.1, 0.15) is 0 Å². The number of carbonyl (C=O) groups is 3. The topological polar surface area (TPSA) is 107 Å². The molecular formula is C39H43F3N6O4. The van der Waals surface area contributed by atoms with Gasteiger partial charge in [-0.2, -0.15) is 13.2 Å². The Bertz CT molecular complexity index is 1880. The van der Waals surface area contributed by atoms with Gasteiger partial charge < -0.3 is 25.2 Å². The molecule has 0 atom stereocenters. The first-order valence-electron chi connectivity index (χ1n) is 17.2. The fourth-order valence-electron chi connectivity index (χ4n) is 5.93. The van der Waals surface area contributed by atoms with Gasteiger partial charge in [0, 0.05) is 87.0 Å². The van der Waals surface area contributed by atoms with Crippen LogP contribution >= 0.6 is 0 Å². The van der Waals surface area contributed by atoms with E-state index in [0.717, 1.165) is 50.5 Å². The van der Waals surface area contributed by atoms with Crippen molar-refractivity contribution in [2.45, 2.75) is 26.6 Å². The number of hydrogen-bond donors (Lipinski definition) is 2. The second kappa shape index (κ2) is 17.3. The van der Waals surface area contributed by atoms with Crippen LogP contribution in [0.3, 0.4) is 0 Å². The number of carbonyl (C=O) groups excluding carboxylic acids is 3. The summed E-state index contributed by atoms with van der Waals surface area (Å²) < 4.78 is 45.0. The van der Waals surface area contributed by atoms with Crippen molar-refractivity contribution in [1.82, 2.24) is 20.1 Å². The molecule has 0 bridgehead atoms. The Balaban J connectivity index is 1.35. The maximum Gasteiger partial charge on any atom is 0.416 e. The second-order valence-electron chi connectivity index (χ2n) is 12.4. The zero-order valence-electron chi connectivity index (χ0n) is 29.5. The number of benzene rings is 3. The average molecular weight is 717 g/mol. The predicted octanol–water partition coefficient (Wildman–Crippen LogP) is 6.20. The van der Waals surface area contributed by atoms with Crippen LogP contribution in [0.15, 0.2) is 85.1 Å². The van der Waals surface area contributed by atoms with E-state index in [1.165, 1.54) is 24.4 Å². The van der Waals surface area contributed by atoms with E-state index in [-0.39, 0.29) is 18.0 Å². The minimum atomic E-state index is -4.49. The van der Waals surface area contributed by atoms with Crippen LogP contribution in [0, 0.1) is 0 Å². The Kier molecular flexibility index (Phi) is 12.6. The summed E-state index contributed by atoms with van der Waals surface area (Å²) in [5.74, 6) is -1.13. The fourth-order valence-corrected chi connectivity index (χ4v) is 5.93. The van der Waals surface area contributed by atoms with Crippen LogP contribution in [0.25, 0.3) is 11.3 Å². The van der Waals surface area contributed by atoms with Crippen LogP contribution < -0.4 is 15.5 Å². The first-order chi connectivity index (χ1) is 25.0. The summed E-state index contributed by atoms with van der Waals surface area (Å²) in [5, 5.41) is 5.66. The summed E-state index contributed by atoms with van der Waals surface area (Å²) in [6.07, 6.45) is -3.03. The van der Waals surface area contributed by atoms with Crippen molar-refractivity contribution in [3.8, 4) is 11.3 Å². The van der Waals surface area contributed by atoms with Crippen molar-refractivity contribution in [2.24, 2.45) is 0 Å². The standard InChI is InChI=1S/C39H43F3N6O4/c1-4-48(5-2)32-12-13-34(45-37(50)28-9-7-10-30(23-28)38(51)46(3)16-17-47-18-20-52-21-19-47)33(25-32)35-24-29(14-15-43-35)36(49)44-26-27-8-6-11-31(22-27)39(40,41)42/h6-15,22-25H,4-5,16-21,26H2,1-3H3,(H,44,49)(H,45,50). The number of pyridine rings is 1. The van der Waals surface area contributed by atoms with Gasteiger partial charge in [0.25, 0.3) is 17.7 Å². The van der Waals surface area contributed by atoms with Gasteiger partial charge in [-0.1, -0.05) is 18.2 Å². The Morgan fingerprint density at radius 3 is 2.31 bits per heavy atom. The molecule has 1 fully saturated rings. The van der Waals surface area contributed by atoms with Gasteiger partial charge in [0.15, 0.2) is 0 Å². The van der Waals surface area contributed by atoms with Gasteiger partial charge in [-0.05, 0) is 80.1 Å². The molecule has 5 rings (SSSR count). The summed E-state index contributed by atoms with van der Waals surface area (Å²) in [5.41, 5.74) is 2.72. The summed E-state index contributed by atoms with van der Waals surface area (Å²) in [4.78, 5) is 50.7. The molecule has 1 saturated heterocycles. The largest absolute Gasteiger partial charge is 0.416 e. The number of nitrogens with zero attached hydrogens (tertiary/aromatic N) is 4. The van der Waals surface area contributed by atoms with E-state index in [4.69, 9.17) is 4.74 Å². The van der Waals surface area contributed by atoms with Crippen LogP contribution in [0.1, 0.15) is 56.0 Å². The van der Waals surface area contributed by atoms with Gasteiger partial charge in [-0.25, -0.2) is 0 Å². The summed E-state index contributed by atoms with van der Waals surface area (Å²) in [6.45, 7) is 9.68. The Hall–Kier alpha value is -5.27. The Morgan fingerprint density at radius 2 is 1.58 bits per heavy atom. The smallest absolute Gasteiger partial charge is 0.379 e. The molecule has 0 unspecified atom stereocenters. The third-order valence-corrected chi connectivity index (χ3v) is 8.96. The van der Waals surface area contributed by atoms with Gasteiger partial charge in [-0.15, -0.1) is 0 Å². The number of ether oxygens (including phenoxy) is 1. The number of likely N-dealkylation sites (N-methyl/N-ethyl adjacent to an activating group) is 1. The SMILES string of the molecule is CCN(CC)c1ccc(NC(=O)c2cccc(C(=O)N(C)CCN3CCOCC3)c2)c(-c2cc(C(=O)NCc3cccc(C(F)(F)F)c3)ccn2)c1. The quantitative estimate of drug-likeness (QED) is 0.170. The molecule has 2 heterocycles. The molecule has 52 heavy (non-hydrogen) atoms. The highest BCUT2D eigenvalue weighted by Crippen LogP contribution is 2.33. The van der Waals surface area contributed by atoms with Crippen LogP contribution in [-0.4, -0.2) is 92.0 Å². The van der Waals surface area contributed by atoms with E-state index in [9.17, 15) is 27.6 Å². The number of rotatable bonds is 13. The van der Waals surface area contributed by atoms with Gasteiger partial charge in [-0.3, -0.25) is 24.3 Å². The number of amides is 3. The lowest BCUT2D eigenvalue weighted by atomic mass is 10.0. The molecule has 3 aromatic carbocycles. The van der Waals surface area contributed by atoms with E-state index in [1.54, 1.807) is 48.3 Å². The highest BCUT2D eigenvalue weighted by molar-refractivity contribution is 6.08. The highest BCUT2D eigenvalue weighted by atomic mass is 19.4. The van der Waals surface area contributed by atoms with Gasteiger partial charge >= 0.3 is 6.18 Å². The zero-order chi connectivity index (χ0) is 37.3. The summed E-state index contributed by atoms with van der Waals surface area (Å²) in [7, 11) is 1.74. The van der Waals surface area contributed by atoms with Crippen molar-refractivity contribution in [3.05, 3.63) is 113 Å². The Labute approximate surface area is 301 Å². The van der Waals surface area contributed by atoms with Crippen LogP contribution in [-0.2, 0) is 17.5 Å². The van der Waals surface area contributed by atoms with E-state index in [0.29, 0.717) is 53.4 Å². The minimum Gasteiger partial charge on any atom is -0.379 e. The van der Waals surface area contributed by atoms with Crippen molar-refractivity contribution in [2.75, 3.05) is 69.7 Å². The molecule has 3 amide bonds. The molecule has 13 heteroatoms. The molecule has 274 valence electrons. The zero-order valence-corrected chi connectivity index (χ0v) is 29.5. The average Bonchev–Trinajstić information content (AvgIpc) is 3.17. The lowest BCUT2D eigenvalue weighted by Gasteiger charge is -2.28. The van der Waals surface area contributed by atoms with Crippen molar-refractivity contribution < 1.29 is 32.3 Å². The van der Waals surface area contributed by atoms with E-state index >= 15 is 0 Å². The number of anilines is 2. The number of morpholine rings is 1. The molecule has 0 aliphatic carbocycles. The van der Waals surface area contributed by atoms with E-state index < -0.39 is 23.6 Å². The van der Waals surface area contributed by atoms with Crippen LogP contribution in [0.5, 0.6) is 0 Å². The second-order valence-corrected chi connectivity index (χ2v) is 12.4. The maximum absolute atomic E-state index is 13.7. The molecule has 2 N–H and O–H groups in total. The molecule has 0 saturated carbocycles. The number of alkyl halides is 3. The molecule has 0 radical (unpaired) electrons. The molecule has 1 aliphatic heterocycles. The minimum absolute atomic E-state index is 0.107. The summed E-state index contributed by atoms with van der Waals surface area (Å²) >= 11 is 0. The number of halogens is 3. The lowest BCUT2D eigenvalue weighted by Crippen LogP contribution is -2.41. The highest BCUT2D eigenvalue weighted by Gasteiger charge is 2.30. The van der Waals surface area contributed by atoms with Crippen LogP contribution in [0.4, 0.5) is 24.5 Å². The lowest BCUT2D eigenvalue weighted by molar-refractivity contribution is -0.137. The molecule has 4 aromatic rings. The number of aromatic nitrogens is 1. The van der Waals surface area contributed by atoms with Crippen molar-refractivity contribution in [3.63, 3.8) is 0 Å². The van der Waals surface area contributed by atoms with Crippen molar-refractivity contribution in [1.29, 1.82) is 0 Å². The number of nitrogens with one attached hydrogen (secondary N) is 2. The van der Waals surface area contributed by atoms with Crippen molar-refractivity contribution >= 4 is 29.1 Å². The first-order valence-corrected chi connectivity index (χ1v) is 17.2. The Morgan fingerprint density at radius 1 is 0.865 bits per heavy atom. The summed E-state index contributed by atoms with van der Waals surface area (Å²) in [6, 6.07) is 20.0.